The molecule has 4 fully saturated rings. The number of halogens is 1. The van der Waals surface area contributed by atoms with E-state index in [4.69, 9.17) is 21.2 Å². The van der Waals surface area contributed by atoms with Crippen LogP contribution >= 0.6 is 11.6 Å². The Bertz CT molecular complexity index is 2340. The Labute approximate surface area is 329 Å². The van der Waals surface area contributed by atoms with Gasteiger partial charge in [0.25, 0.3) is 11.8 Å². The Morgan fingerprint density at radius 2 is 1.70 bits per heavy atom. The van der Waals surface area contributed by atoms with Crippen molar-refractivity contribution in [1.82, 2.24) is 29.9 Å². The molecule has 1 N–H and O–H groups in total. The molecule has 3 aromatic rings. The number of carbonyl (C=O) groups is 5. The molecule has 0 bridgehead atoms. The highest BCUT2D eigenvalue weighted by Gasteiger charge is 2.58. The molecule has 1 spiro atoms. The van der Waals surface area contributed by atoms with Gasteiger partial charge in [-0.2, -0.15) is 0 Å². The van der Waals surface area contributed by atoms with Gasteiger partial charge in [0.2, 0.25) is 17.3 Å². The lowest BCUT2D eigenvalue weighted by atomic mass is 9.88. The van der Waals surface area contributed by atoms with Crippen LogP contribution in [0.1, 0.15) is 50.5 Å². The summed E-state index contributed by atoms with van der Waals surface area (Å²) in [5.74, 6) is -3.07. The summed E-state index contributed by atoms with van der Waals surface area (Å²) in [6.45, 7) is 0.487. The van der Waals surface area contributed by atoms with Gasteiger partial charge in [0.05, 0.1) is 22.7 Å². The highest BCUT2D eigenvalue weighted by Crippen LogP contribution is 2.43. The van der Waals surface area contributed by atoms with Crippen molar-refractivity contribution in [3.8, 4) is 0 Å². The minimum Gasteiger partial charge on any atom is -0.480 e. The third-order valence-electron chi connectivity index (χ3n) is 12.5. The number of carbonyl (C=O) groups excluding carboxylic acids is 4. The minimum atomic E-state index is -1.44. The molecule has 6 aliphatic rings. The van der Waals surface area contributed by atoms with Crippen molar-refractivity contribution in [2.45, 2.75) is 87.1 Å². The first-order valence-electron chi connectivity index (χ1n) is 19.1. The largest absolute Gasteiger partial charge is 0.480 e. The molecule has 0 aliphatic carbocycles. The quantitative estimate of drug-likeness (QED) is 0.158. The highest BCUT2D eigenvalue weighted by atomic mass is 35.5. The Morgan fingerprint density at radius 3 is 2.47 bits per heavy atom. The van der Waals surface area contributed by atoms with E-state index in [1.807, 2.05) is 18.2 Å². The van der Waals surface area contributed by atoms with Gasteiger partial charge in [0, 0.05) is 36.5 Å². The maximum Gasteiger partial charge on any atom is 0.326 e. The molecule has 0 unspecified atom stereocenters. The number of nitro groups is 1. The molecule has 0 radical (unpaired) electrons. The van der Waals surface area contributed by atoms with E-state index >= 15 is 0 Å². The zero-order chi connectivity index (χ0) is 39.7. The number of likely N-dealkylation sites (tertiary alicyclic amines) is 2. The summed E-state index contributed by atoms with van der Waals surface area (Å²) >= 11 is 6.55. The summed E-state index contributed by atoms with van der Waals surface area (Å²) in [7, 11) is 0. The van der Waals surface area contributed by atoms with E-state index in [0.29, 0.717) is 49.1 Å². The second kappa shape index (κ2) is 13.9. The summed E-state index contributed by atoms with van der Waals surface area (Å²) in [5.41, 5.74) is -1.29. The van der Waals surface area contributed by atoms with Crippen molar-refractivity contribution >= 4 is 69.3 Å². The van der Waals surface area contributed by atoms with Crippen molar-refractivity contribution in [3.05, 3.63) is 81.4 Å². The fraction of sp³-hybridized carbons (Fsp3) is 0.436. The van der Waals surface area contributed by atoms with Gasteiger partial charge >= 0.3 is 11.7 Å². The Morgan fingerprint density at radius 1 is 0.947 bits per heavy atom. The predicted molar refractivity (Wildman–Crippen MR) is 201 cm³/mol. The summed E-state index contributed by atoms with van der Waals surface area (Å²) in [5, 5.41) is 29.5. The molecule has 17 nitrogen and oxygen atoms in total. The van der Waals surface area contributed by atoms with Gasteiger partial charge in [-0.3, -0.25) is 29.3 Å². The first-order chi connectivity index (χ1) is 27.5. The minimum absolute atomic E-state index is 0.0113. The first-order valence-corrected chi connectivity index (χ1v) is 19.4. The van der Waals surface area contributed by atoms with E-state index in [0.717, 1.165) is 0 Å². The number of hydrogen-bond donors (Lipinski definition) is 1. The van der Waals surface area contributed by atoms with Gasteiger partial charge in [-0.15, -0.1) is 0 Å². The Balaban J connectivity index is 1.03. The third-order valence-corrected chi connectivity index (χ3v) is 12.9. The second-order valence-corrected chi connectivity index (χ2v) is 15.8. The van der Waals surface area contributed by atoms with Gasteiger partial charge in [0.15, 0.2) is 5.52 Å². The molecule has 4 amide bonds. The maximum atomic E-state index is 15.0. The number of aliphatic carboxylic acids is 1. The number of rotatable bonds is 7. The number of aromatic nitrogens is 2. The molecule has 57 heavy (non-hydrogen) atoms. The van der Waals surface area contributed by atoms with Crippen LogP contribution in [-0.4, -0.2) is 124 Å². The molecular formula is C39H37ClN8O9. The number of carboxylic acid groups (broad SMARTS) is 1. The number of nitro benzene ring substituents is 1. The van der Waals surface area contributed by atoms with Crippen LogP contribution in [0.15, 0.2) is 70.3 Å². The van der Waals surface area contributed by atoms with Gasteiger partial charge in [-0.25, -0.2) is 14.4 Å². The number of hydrogen-bond acceptors (Lipinski definition) is 11. The van der Waals surface area contributed by atoms with Gasteiger partial charge in [-0.05, 0) is 73.0 Å². The van der Waals surface area contributed by atoms with E-state index in [1.165, 1.54) is 26.8 Å². The number of nitrogens with zero attached hydrogens (tertiary/aromatic N) is 8. The number of benzene rings is 2. The van der Waals surface area contributed by atoms with Crippen molar-refractivity contribution in [1.29, 1.82) is 0 Å². The van der Waals surface area contributed by atoms with E-state index < -0.39 is 52.4 Å². The fourth-order valence-electron chi connectivity index (χ4n) is 9.79. The normalized spacial score (nSPS) is 29.3. The van der Waals surface area contributed by atoms with Crippen molar-refractivity contribution in [3.63, 3.8) is 0 Å². The summed E-state index contributed by atoms with van der Waals surface area (Å²) in [4.78, 5) is 92.4. The molecule has 7 heterocycles. The average Bonchev–Trinajstić information content (AvgIpc) is 4.04. The fourth-order valence-corrected chi connectivity index (χ4v) is 10.00. The van der Waals surface area contributed by atoms with Gasteiger partial charge < -0.3 is 24.7 Å². The van der Waals surface area contributed by atoms with Crippen LogP contribution in [0.25, 0.3) is 11.0 Å². The molecule has 18 heteroatoms. The highest BCUT2D eigenvalue weighted by molar-refractivity contribution is 6.41. The molecule has 6 aliphatic heterocycles. The van der Waals surface area contributed by atoms with E-state index in [1.54, 1.807) is 35.2 Å². The SMILES string of the molecule is O=C(O)[C@@H]1CC[C@@H]2C=C[C@H]3CCN(C(=O)[C@@H]4CC[C@H]5C=C[C@]6(CCCN6C(=O)/C(Cc6ccccc6Cl)=N\c6ccc([N+](=O)[O-])c7nonc67)C(=O)N54)[C@@H]3C(=O)N21. The van der Waals surface area contributed by atoms with Crippen molar-refractivity contribution < 1.29 is 38.6 Å². The van der Waals surface area contributed by atoms with Crippen LogP contribution in [0.5, 0.6) is 0 Å². The molecule has 4 saturated heterocycles. The number of non-ortho nitro benzene ring substituents is 1. The predicted octanol–water partition coefficient (Wildman–Crippen LogP) is 3.62. The lowest BCUT2D eigenvalue weighted by molar-refractivity contribution is -0.383. The Hall–Kier alpha value is -5.97. The molecule has 9 rings (SSSR count). The van der Waals surface area contributed by atoms with Crippen LogP contribution in [0.2, 0.25) is 5.02 Å². The molecule has 0 saturated carbocycles. The van der Waals surface area contributed by atoms with Crippen molar-refractivity contribution in [2.24, 2.45) is 10.9 Å². The lowest BCUT2D eigenvalue weighted by Crippen LogP contribution is -2.64. The summed E-state index contributed by atoms with van der Waals surface area (Å²) in [6.07, 6.45) is 10.5. The van der Waals surface area contributed by atoms with Gasteiger partial charge in [0.1, 0.15) is 29.4 Å². The van der Waals surface area contributed by atoms with Crippen LogP contribution in [0.4, 0.5) is 11.4 Å². The zero-order valence-corrected chi connectivity index (χ0v) is 31.2. The number of fused-ring (bicyclic) bond motifs is 4. The maximum absolute atomic E-state index is 15.0. The number of carboxylic acids is 1. The summed E-state index contributed by atoms with van der Waals surface area (Å²) in [6, 6.07) is 6.00. The zero-order valence-electron chi connectivity index (χ0n) is 30.5. The third kappa shape index (κ3) is 5.80. The average molecular weight is 797 g/mol. The Kier molecular flexibility index (Phi) is 8.94. The van der Waals surface area contributed by atoms with Crippen LogP contribution < -0.4 is 0 Å². The monoisotopic (exact) mass is 796 g/mol. The summed E-state index contributed by atoms with van der Waals surface area (Å²) < 4.78 is 4.83. The van der Waals surface area contributed by atoms with Gasteiger partial charge in [-0.1, -0.05) is 54.1 Å². The molecule has 2 aromatic carbocycles. The molecule has 294 valence electrons. The lowest BCUT2D eigenvalue weighted by Gasteiger charge is -2.44. The van der Waals surface area contributed by atoms with Crippen LogP contribution in [-0.2, 0) is 30.4 Å². The topological polar surface area (TPSA) is 213 Å². The molecular weight excluding hydrogens is 760 g/mol. The van der Waals surface area contributed by atoms with Crippen molar-refractivity contribution in [2.75, 3.05) is 13.1 Å². The smallest absolute Gasteiger partial charge is 0.326 e. The van der Waals surface area contributed by atoms with E-state index in [2.05, 4.69) is 10.3 Å². The first kappa shape index (κ1) is 36.7. The second-order valence-electron chi connectivity index (χ2n) is 15.4. The molecule has 1 aromatic heterocycles. The van der Waals surface area contributed by atoms with Crippen LogP contribution in [0, 0.1) is 16.0 Å². The van der Waals surface area contributed by atoms with Crippen LogP contribution in [0.3, 0.4) is 0 Å². The van der Waals surface area contributed by atoms with E-state index in [-0.39, 0.29) is 77.8 Å². The molecule has 7 atom stereocenters. The number of aliphatic imine (C=N–C) groups is 1. The standard InChI is InChI=1S/C39H37ClN8O9/c40-25-5-2-1-4-22(25)20-27(41-26-10-13-28(48(55)56)32-31(26)42-57-43-32)34(49)45-18-3-16-39(45)17-14-24-8-11-29(47(24)38(39)54)35(50)44-19-15-21-6-7-23-9-12-30(37(52)53)46(23)36(51)33(21)44/h1-2,4-7,10,13-14,17,21,23-24,29-30,33H,3,8-9,11-12,15-16,18-20H2,(H,52,53)/b41-27-/t21-,23-,24-,29-,30-,33-,39+/m0/s1. The van der Waals surface area contributed by atoms with E-state index in [9.17, 15) is 39.2 Å². The number of amides is 4.